The molecule has 0 radical (unpaired) electrons. The molecule has 0 bridgehead atoms. The molecule has 4 amide bonds. The molecular weight excluding hydrogens is 460 g/mol. The highest BCUT2D eigenvalue weighted by Crippen LogP contribution is 2.27. The third-order valence-corrected chi connectivity index (χ3v) is 6.03. The number of hydrogen-bond acceptors (Lipinski definition) is 6. The van der Waals surface area contributed by atoms with Crippen LogP contribution < -0.4 is 10.2 Å². The number of carbonyl (C=O) groups excluding carboxylic acids is 4. The number of hydrogen-bond donors (Lipinski definition) is 1. The molecule has 1 fully saturated rings. The van der Waals surface area contributed by atoms with Crippen molar-refractivity contribution in [3.63, 3.8) is 0 Å². The Bertz CT molecular complexity index is 1340. The normalized spacial score (nSPS) is 15.7. The van der Waals surface area contributed by atoms with E-state index in [1.807, 2.05) is 12.1 Å². The molecule has 1 aliphatic rings. The number of carbonyl (C=O) groups is 4. The first-order chi connectivity index (χ1) is 17.3. The number of furan rings is 1. The highest BCUT2D eigenvalue weighted by molar-refractivity contribution is 6.39. The lowest BCUT2D eigenvalue weighted by molar-refractivity contribution is -0.122. The fraction of sp³-hybridized carbons (Fsp3) is 0.214. The van der Waals surface area contributed by atoms with E-state index in [-0.39, 0.29) is 17.9 Å². The van der Waals surface area contributed by atoms with E-state index in [0.717, 1.165) is 16.9 Å². The number of imide groups is 2. The summed E-state index contributed by atoms with van der Waals surface area (Å²) in [7, 11) is 0. The zero-order chi connectivity index (χ0) is 25.8. The molecule has 1 atom stereocenters. The number of rotatable bonds is 7. The Morgan fingerprint density at radius 2 is 1.69 bits per heavy atom. The molecule has 1 saturated heterocycles. The summed E-state index contributed by atoms with van der Waals surface area (Å²) >= 11 is 0. The molecule has 0 unspecified atom stereocenters. The van der Waals surface area contributed by atoms with Crippen molar-refractivity contribution < 1.29 is 28.3 Å². The van der Waals surface area contributed by atoms with Crippen molar-refractivity contribution in [1.82, 2.24) is 5.32 Å². The van der Waals surface area contributed by atoms with E-state index in [1.54, 1.807) is 55.5 Å². The van der Waals surface area contributed by atoms with E-state index >= 15 is 0 Å². The second-order valence-electron chi connectivity index (χ2n) is 8.36. The number of anilines is 1. The van der Waals surface area contributed by atoms with Crippen molar-refractivity contribution in [3.8, 4) is 11.3 Å². The first-order valence-corrected chi connectivity index (χ1v) is 11.7. The number of benzene rings is 2. The number of ether oxygens (including phenoxy) is 1. The second kappa shape index (κ2) is 10.4. The second-order valence-corrected chi connectivity index (χ2v) is 8.36. The summed E-state index contributed by atoms with van der Waals surface area (Å²) < 4.78 is 10.8. The standard InChI is InChI=1S/C28H26N2O6/c1-4-17(3)18-10-12-21(13-11-18)30-26(32)23(25(31)29-28(30)34)16-22-14-15-24(36-22)19-6-8-20(9-7-19)27(33)35-5-2/h6-17H,4-5H2,1-3H3,(H,29,31,34)/b23-16-/t17-/m1/s1. The minimum atomic E-state index is -0.805. The van der Waals surface area contributed by atoms with Crippen LogP contribution in [0.1, 0.15) is 54.8 Å². The van der Waals surface area contributed by atoms with Crippen LogP contribution in [0.4, 0.5) is 10.5 Å². The van der Waals surface area contributed by atoms with Crippen LogP contribution in [0.5, 0.6) is 0 Å². The molecule has 8 nitrogen and oxygen atoms in total. The van der Waals surface area contributed by atoms with Gasteiger partial charge in [-0.15, -0.1) is 0 Å². The summed E-state index contributed by atoms with van der Waals surface area (Å²) in [5, 5.41) is 2.22. The Kier molecular flexibility index (Phi) is 7.15. The highest BCUT2D eigenvalue weighted by atomic mass is 16.5. The minimum absolute atomic E-state index is 0.223. The summed E-state index contributed by atoms with van der Waals surface area (Å²) in [6.45, 7) is 6.21. The number of esters is 1. The zero-order valence-corrected chi connectivity index (χ0v) is 20.2. The number of nitrogens with zero attached hydrogens (tertiary/aromatic N) is 1. The lowest BCUT2D eigenvalue weighted by atomic mass is 9.98. The first kappa shape index (κ1) is 24.7. The average molecular weight is 487 g/mol. The van der Waals surface area contributed by atoms with E-state index in [1.165, 1.54) is 6.08 Å². The van der Waals surface area contributed by atoms with Crippen molar-refractivity contribution in [2.75, 3.05) is 11.5 Å². The maximum Gasteiger partial charge on any atom is 0.338 e. The summed E-state index contributed by atoms with van der Waals surface area (Å²) in [5.74, 6) is -0.860. The van der Waals surface area contributed by atoms with E-state index in [0.29, 0.717) is 28.5 Å². The van der Waals surface area contributed by atoms with Gasteiger partial charge in [0.1, 0.15) is 17.1 Å². The molecule has 184 valence electrons. The Morgan fingerprint density at radius 1 is 1.00 bits per heavy atom. The molecule has 8 heteroatoms. The lowest BCUT2D eigenvalue weighted by Gasteiger charge is -2.26. The van der Waals surface area contributed by atoms with Gasteiger partial charge in [-0.3, -0.25) is 14.9 Å². The van der Waals surface area contributed by atoms with Crippen molar-refractivity contribution in [3.05, 3.63) is 83.1 Å². The summed E-state index contributed by atoms with van der Waals surface area (Å²) in [6.07, 6.45) is 2.27. The molecule has 0 saturated carbocycles. The Labute approximate surface area is 208 Å². The van der Waals surface area contributed by atoms with Gasteiger partial charge >= 0.3 is 12.0 Å². The van der Waals surface area contributed by atoms with Crippen LogP contribution in [0, 0.1) is 0 Å². The van der Waals surface area contributed by atoms with Crippen LogP contribution in [0.25, 0.3) is 17.4 Å². The summed E-state index contributed by atoms with van der Waals surface area (Å²) in [6, 6.07) is 16.3. The van der Waals surface area contributed by atoms with Crippen molar-refractivity contribution in [1.29, 1.82) is 0 Å². The maximum atomic E-state index is 13.1. The van der Waals surface area contributed by atoms with Crippen LogP contribution in [0.3, 0.4) is 0 Å². The number of urea groups is 1. The molecule has 1 aliphatic heterocycles. The molecule has 2 aromatic carbocycles. The van der Waals surface area contributed by atoms with Crippen LogP contribution in [0.15, 0.2) is 70.7 Å². The molecule has 4 rings (SSSR count). The molecule has 36 heavy (non-hydrogen) atoms. The Hall–Kier alpha value is -4.46. The van der Waals surface area contributed by atoms with Gasteiger partial charge in [0, 0.05) is 5.56 Å². The van der Waals surface area contributed by atoms with E-state index in [4.69, 9.17) is 9.15 Å². The summed E-state index contributed by atoms with van der Waals surface area (Å²) in [5.41, 5.74) is 2.35. The Morgan fingerprint density at radius 3 is 2.33 bits per heavy atom. The van der Waals surface area contributed by atoms with Crippen LogP contribution in [-0.4, -0.2) is 30.4 Å². The number of amides is 4. The summed E-state index contributed by atoms with van der Waals surface area (Å²) in [4.78, 5) is 50.9. The zero-order valence-electron chi connectivity index (χ0n) is 20.2. The third-order valence-electron chi connectivity index (χ3n) is 6.03. The number of nitrogens with one attached hydrogen (secondary N) is 1. The van der Waals surface area contributed by atoms with Gasteiger partial charge in [-0.2, -0.15) is 0 Å². The lowest BCUT2D eigenvalue weighted by Crippen LogP contribution is -2.54. The van der Waals surface area contributed by atoms with Gasteiger partial charge in [0.2, 0.25) is 0 Å². The molecular formula is C28H26N2O6. The molecule has 0 aliphatic carbocycles. The van der Waals surface area contributed by atoms with Gasteiger partial charge in [-0.1, -0.05) is 38.1 Å². The predicted molar refractivity (Wildman–Crippen MR) is 134 cm³/mol. The van der Waals surface area contributed by atoms with Crippen LogP contribution in [0.2, 0.25) is 0 Å². The van der Waals surface area contributed by atoms with E-state index < -0.39 is 23.8 Å². The fourth-order valence-electron chi connectivity index (χ4n) is 3.79. The highest BCUT2D eigenvalue weighted by Gasteiger charge is 2.37. The number of barbiturate groups is 1. The predicted octanol–water partition coefficient (Wildman–Crippen LogP) is 5.30. The quantitative estimate of drug-likeness (QED) is 0.276. The molecule has 1 aromatic heterocycles. The van der Waals surface area contributed by atoms with E-state index in [9.17, 15) is 19.2 Å². The maximum absolute atomic E-state index is 13.1. The minimum Gasteiger partial charge on any atom is -0.462 e. The van der Waals surface area contributed by atoms with Crippen molar-refractivity contribution >= 4 is 35.6 Å². The van der Waals surface area contributed by atoms with Crippen LogP contribution in [-0.2, 0) is 14.3 Å². The smallest absolute Gasteiger partial charge is 0.338 e. The van der Waals surface area contributed by atoms with Crippen LogP contribution >= 0.6 is 0 Å². The SMILES string of the molecule is CCOC(=O)c1ccc(-c2ccc(/C=C3/C(=O)NC(=O)N(c4ccc([C@H](C)CC)cc4)C3=O)o2)cc1. The van der Waals surface area contributed by atoms with Gasteiger partial charge in [-0.25, -0.2) is 14.5 Å². The average Bonchev–Trinajstić information content (AvgIpc) is 3.35. The van der Waals surface area contributed by atoms with Gasteiger partial charge in [0.25, 0.3) is 11.8 Å². The Balaban J connectivity index is 1.57. The first-order valence-electron chi connectivity index (χ1n) is 11.7. The van der Waals surface area contributed by atoms with Crippen molar-refractivity contribution in [2.45, 2.75) is 33.1 Å². The third kappa shape index (κ3) is 4.98. The monoisotopic (exact) mass is 486 g/mol. The topological polar surface area (TPSA) is 106 Å². The molecule has 3 aromatic rings. The van der Waals surface area contributed by atoms with Gasteiger partial charge < -0.3 is 9.15 Å². The van der Waals surface area contributed by atoms with Gasteiger partial charge in [-0.05, 0) is 67.3 Å². The molecule has 2 heterocycles. The largest absolute Gasteiger partial charge is 0.462 e. The fourth-order valence-corrected chi connectivity index (χ4v) is 3.79. The van der Waals surface area contributed by atoms with Crippen molar-refractivity contribution in [2.24, 2.45) is 0 Å². The van der Waals surface area contributed by atoms with E-state index in [2.05, 4.69) is 19.2 Å². The van der Waals surface area contributed by atoms with Gasteiger partial charge in [0.15, 0.2) is 0 Å². The molecule has 1 N–H and O–H groups in total. The molecule has 0 spiro atoms. The van der Waals surface area contributed by atoms with Gasteiger partial charge in [0.05, 0.1) is 17.9 Å².